The molecule has 0 aliphatic carbocycles. The SMILES string of the molecule is O=C(NC1CC2CCC1N2)c1ncc(-c2cccc(F)c2)o1. The molecule has 5 nitrogen and oxygen atoms in total. The van der Waals surface area contributed by atoms with Crippen LogP contribution in [0.1, 0.15) is 29.9 Å². The molecule has 3 atom stereocenters. The van der Waals surface area contributed by atoms with E-state index in [9.17, 15) is 9.18 Å². The van der Waals surface area contributed by atoms with E-state index in [0.29, 0.717) is 23.4 Å². The zero-order valence-corrected chi connectivity index (χ0v) is 11.9. The smallest absolute Gasteiger partial charge is 0.307 e. The molecule has 2 fully saturated rings. The summed E-state index contributed by atoms with van der Waals surface area (Å²) in [4.78, 5) is 16.2. The summed E-state index contributed by atoms with van der Waals surface area (Å²) < 4.78 is 18.7. The Kier molecular flexibility index (Phi) is 3.18. The fourth-order valence-electron chi connectivity index (χ4n) is 3.37. The first-order valence-electron chi connectivity index (χ1n) is 7.48. The van der Waals surface area contributed by atoms with Crippen molar-refractivity contribution in [2.75, 3.05) is 0 Å². The monoisotopic (exact) mass is 301 g/mol. The maximum Gasteiger partial charge on any atom is 0.307 e. The van der Waals surface area contributed by atoms with Crippen molar-refractivity contribution in [2.24, 2.45) is 0 Å². The zero-order chi connectivity index (χ0) is 15.1. The molecule has 1 amide bonds. The lowest BCUT2D eigenvalue weighted by Crippen LogP contribution is -2.43. The average molecular weight is 301 g/mol. The van der Waals surface area contributed by atoms with Crippen LogP contribution in [0.15, 0.2) is 34.9 Å². The lowest BCUT2D eigenvalue weighted by molar-refractivity contribution is 0.0896. The molecule has 0 saturated carbocycles. The third-order valence-electron chi connectivity index (χ3n) is 4.43. The molecule has 0 spiro atoms. The molecule has 6 heteroatoms. The van der Waals surface area contributed by atoms with Crippen molar-refractivity contribution in [2.45, 2.75) is 37.4 Å². The van der Waals surface area contributed by atoms with Crippen LogP contribution >= 0.6 is 0 Å². The van der Waals surface area contributed by atoms with Crippen molar-refractivity contribution in [3.63, 3.8) is 0 Å². The van der Waals surface area contributed by atoms with Crippen molar-refractivity contribution >= 4 is 5.91 Å². The van der Waals surface area contributed by atoms with Crippen LogP contribution in [0.25, 0.3) is 11.3 Å². The molecule has 1 aromatic carbocycles. The molecule has 22 heavy (non-hydrogen) atoms. The van der Waals surface area contributed by atoms with Crippen molar-refractivity contribution < 1.29 is 13.6 Å². The van der Waals surface area contributed by atoms with E-state index in [-0.39, 0.29) is 23.7 Å². The van der Waals surface area contributed by atoms with Crippen molar-refractivity contribution in [3.05, 3.63) is 42.2 Å². The molecule has 4 rings (SSSR count). The van der Waals surface area contributed by atoms with Crippen LogP contribution in [0.4, 0.5) is 4.39 Å². The summed E-state index contributed by atoms with van der Waals surface area (Å²) in [6.45, 7) is 0. The van der Waals surface area contributed by atoms with Gasteiger partial charge in [-0.15, -0.1) is 0 Å². The second-order valence-electron chi connectivity index (χ2n) is 5.90. The number of oxazole rings is 1. The van der Waals surface area contributed by atoms with E-state index in [1.165, 1.54) is 24.8 Å². The average Bonchev–Trinajstić information content (AvgIpc) is 3.23. The highest BCUT2D eigenvalue weighted by atomic mass is 19.1. The van der Waals surface area contributed by atoms with Gasteiger partial charge in [0, 0.05) is 23.7 Å². The Bertz CT molecular complexity index is 715. The normalized spacial score (nSPS) is 26.3. The molecule has 2 aromatic rings. The topological polar surface area (TPSA) is 67.2 Å². The number of carbonyl (C=O) groups is 1. The maximum atomic E-state index is 13.2. The molecule has 2 saturated heterocycles. The summed E-state index contributed by atoms with van der Waals surface area (Å²) in [5, 5.41) is 6.44. The molecule has 0 radical (unpaired) electrons. The number of hydrogen-bond acceptors (Lipinski definition) is 4. The largest absolute Gasteiger partial charge is 0.432 e. The van der Waals surface area contributed by atoms with Gasteiger partial charge in [0.2, 0.25) is 0 Å². The molecule has 3 heterocycles. The predicted octanol–water partition coefficient (Wildman–Crippen LogP) is 2.10. The molecule has 1 aromatic heterocycles. The minimum absolute atomic E-state index is 0.0158. The number of rotatable bonds is 3. The molecule has 2 bridgehead atoms. The maximum absolute atomic E-state index is 13.2. The van der Waals surface area contributed by atoms with E-state index in [1.807, 2.05) is 0 Å². The van der Waals surface area contributed by atoms with Crippen molar-refractivity contribution in [3.8, 4) is 11.3 Å². The fourth-order valence-corrected chi connectivity index (χ4v) is 3.37. The van der Waals surface area contributed by atoms with E-state index >= 15 is 0 Å². The van der Waals surface area contributed by atoms with E-state index in [1.54, 1.807) is 12.1 Å². The molecule has 2 N–H and O–H groups in total. The molecular weight excluding hydrogens is 285 g/mol. The molecule has 2 aliphatic heterocycles. The Morgan fingerprint density at radius 2 is 2.32 bits per heavy atom. The first-order chi connectivity index (χ1) is 10.7. The van der Waals surface area contributed by atoms with Crippen LogP contribution in [0.2, 0.25) is 0 Å². The van der Waals surface area contributed by atoms with E-state index in [4.69, 9.17) is 4.42 Å². The van der Waals surface area contributed by atoms with E-state index in [0.717, 1.165) is 12.8 Å². The highest BCUT2D eigenvalue weighted by Crippen LogP contribution is 2.28. The quantitative estimate of drug-likeness (QED) is 0.911. The zero-order valence-electron chi connectivity index (χ0n) is 11.9. The van der Waals surface area contributed by atoms with Gasteiger partial charge in [-0.2, -0.15) is 0 Å². The summed E-state index contributed by atoms with van der Waals surface area (Å²) >= 11 is 0. The number of benzene rings is 1. The van der Waals surface area contributed by atoms with Crippen LogP contribution in [0.5, 0.6) is 0 Å². The van der Waals surface area contributed by atoms with Crippen LogP contribution in [-0.4, -0.2) is 29.0 Å². The van der Waals surface area contributed by atoms with Crippen LogP contribution in [0.3, 0.4) is 0 Å². The predicted molar refractivity (Wildman–Crippen MR) is 77.7 cm³/mol. The summed E-state index contributed by atoms with van der Waals surface area (Å²) in [5.41, 5.74) is 0.563. The summed E-state index contributed by atoms with van der Waals surface area (Å²) in [6, 6.07) is 7.02. The molecule has 3 unspecified atom stereocenters. The van der Waals surface area contributed by atoms with Crippen molar-refractivity contribution in [1.29, 1.82) is 0 Å². The van der Waals surface area contributed by atoms with Crippen molar-refractivity contribution in [1.82, 2.24) is 15.6 Å². The van der Waals surface area contributed by atoms with Gasteiger partial charge in [0.15, 0.2) is 5.76 Å². The lowest BCUT2D eigenvalue weighted by Gasteiger charge is -2.20. The first kappa shape index (κ1) is 13.5. The summed E-state index contributed by atoms with van der Waals surface area (Å²) in [7, 11) is 0. The van der Waals surface area contributed by atoms with Gasteiger partial charge >= 0.3 is 5.91 Å². The minimum Gasteiger partial charge on any atom is -0.432 e. The molecule has 2 aliphatic rings. The summed E-state index contributed by atoms with van der Waals surface area (Å²) in [5.74, 6) is -0.271. The first-order valence-corrected chi connectivity index (χ1v) is 7.48. The number of hydrogen-bond donors (Lipinski definition) is 2. The number of nitrogens with zero attached hydrogens (tertiary/aromatic N) is 1. The van der Waals surface area contributed by atoms with Crippen LogP contribution < -0.4 is 10.6 Å². The number of aromatic nitrogens is 1. The van der Waals surface area contributed by atoms with Gasteiger partial charge < -0.3 is 15.1 Å². The summed E-state index contributed by atoms with van der Waals surface area (Å²) in [6.07, 6.45) is 4.67. The van der Waals surface area contributed by atoms with Gasteiger partial charge in [0.25, 0.3) is 5.89 Å². The van der Waals surface area contributed by atoms with E-state index in [2.05, 4.69) is 15.6 Å². The Morgan fingerprint density at radius 1 is 1.41 bits per heavy atom. The van der Waals surface area contributed by atoms with Gasteiger partial charge in [0.05, 0.1) is 6.20 Å². The Balaban J connectivity index is 1.48. The van der Waals surface area contributed by atoms with Gasteiger partial charge in [-0.05, 0) is 31.4 Å². The van der Waals surface area contributed by atoms with Gasteiger partial charge in [0.1, 0.15) is 5.82 Å². The lowest BCUT2D eigenvalue weighted by atomic mass is 9.95. The molecular formula is C16H16FN3O2. The fraction of sp³-hybridized carbons (Fsp3) is 0.375. The van der Waals surface area contributed by atoms with Crippen LogP contribution in [0, 0.1) is 5.82 Å². The number of carbonyl (C=O) groups excluding carboxylic acids is 1. The number of amides is 1. The highest BCUT2D eigenvalue weighted by Gasteiger charge is 2.40. The third kappa shape index (κ3) is 2.39. The van der Waals surface area contributed by atoms with Gasteiger partial charge in [-0.3, -0.25) is 4.79 Å². The standard InChI is InChI=1S/C16H16FN3O2/c17-10-3-1-2-9(6-10)14-8-18-16(22-14)15(21)20-13-7-11-4-5-12(13)19-11/h1-3,6,8,11-13,19H,4-5,7H2,(H,20,21). The Labute approximate surface area is 126 Å². The number of halogens is 1. The van der Waals surface area contributed by atoms with Gasteiger partial charge in [-0.25, -0.2) is 9.37 Å². The third-order valence-corrected chi connectivity index (χ3v) is 4.43. The van der Waals surface area contributed by atoms with Gasteiger partial charge in [-0.1, -0.05) is 12.1 Å². The molecule has 114 valence electrons. The second kappa shape index (κ2) is 5.21. The van der Waals surface area contributed by atoms with Crippen LogP contribution in [-0.2, 0) is 0 Å². The highest BCUT2D eigenvalue weighted by molar-refractivity contribution is 5.90. The number of fused-ring (bicyclic) bond motifs is 2. The Morgan fingerprint density at radius 3 is 3.05 bits per heavy atom. The Hall–Kier alpha value is -2.21. The number of nitrogens with one attached hydrogen (secondary N) is 2. The van der Waals surface area contributed by atoms with E-state index < -0.39 is 0 Å². The minimum atomic E-state index is -0.354. The second-order valence-corrected chi connectivity index (χ2v) is 5.90.